The van der Waals surface area contributed by atoms with E-state index in [1.807, 2.05) is 0 Å². The summed E-state index contributed by atoms with van der Waals surface area (Å²) < 4.78 is 43.9. The van der Waals surface area contributed by atoms with E-state index in [-0.39, 0.29) is 11.4 Å². The highest BCUT2D eigenvalue weighted by Crippen LogP contribution is 2.31. The van der Waals surface area contributed by atoms with Crippen molar-refractivity contribution in [1.29, 1.82) is 5.26 Å². The van der Waals surface area contributed by atoms with Crippen molar-refractivity contribution in [2.75, 3.05) is 31.1 Å². The normalized spacial score (nSPS) is 15.2. The van der Waals surface area contributed by atoms with Gasteiger partial charge in [0.05, 0.1) is 23.7 Å². The molecule has 30 heavy (non-hydrogen) atoms. The summed E-state index contributed by atoms with van der Waals surface area (Å²) in [6.45, 7) is 3.29. The number of halogens is 3. The van der Waals surface area contributed by atoms with Crippen LogP contribution < -0.4 is 4.90 Å². The van der Waals surface area contributed by atoms with Crippen molar-refractivity contribution in [2.45, 2.75) is 12.7 Å². The summed E-state index contributed by atoms with van der Waals surface area (Å²) >= 11 is 0. The van der Waals surface area contributed by atoms with Gasteiger partial charge in [-0.2, -0.15) is 23.4 Å². The number of piperazine rings is 1. The largest absolute Gasteiger partial charge is 0.416 e. The van der Waals surface area contributed by atoms with Gasteiger partial charge in [0, 0.05) is 37.9 Å². The van der Waals surface area contributed by atoms with Gasteiger partial charge in [-0.3, -0.25) is 4.90 Å². The van der Waals surface area contributed by atoms with Crippen LogP contribution in [0.25, 0.3) is 11.4 Å². The second-order valence-corrected chi connectivity index (χ2v) is 6.87. The Labute approximate surface area is 170 Å². The number of nitrogens with zero attached hydrogens (tertiary/aromatic N) is 6. The van der Waals surface area contributed by atoms with Crippen LogP contribution in [0.3, 0.4) is 0 Å². The fraction of sp³-hybridized carbons (Fsp3) is 0.300. The Morgan fingerprint density at radius 2 is 1.90 bits per heavy atom. The van der Waals surface area contributed by atoms with Crippen molar-refractivity contribution in [3.05, 3.63) is 59.6 Å². The average Bonchev–Trinajstić information content (AvgIpc) is 3.22. The quantitative estimate of drug-likeness (QED) is 0.648. The lowest BCUT2D eigenvalue weighted by molar-refractivity contribution is -0.137. The Hall–Kier alpha value is -3.45. The molecular formula is C20H17F3N6O. The van der Waals surface area contributed by atoms with Crippen LogP contribution in [0.4, 0.5) is 19.0 Å². The Morgan fingerprint density at radius 1 is 1.10 bits per heavy atom. The van der Waals surface area contributed by atoms with E-state index in [1.165, 1.54) is 12.1 Å². The number of rotatable bonds is 4. The molecule has 2 aromatic heterocycles. The number of aromatic nitrogens is 3. The van der Waals surface area contributed by atoms with Gasteiger partial charge in [0.2, 0.25) is 11.7 Å². The second-order valence-electron chi connectivity index (χ2n) is 6.87. The van der Waals surface area contributed by atoms with E-state index in [4.69, 9.17) is 9.78 Å². The third-order valence-corrected chi connectivity index (χ3v) is 4.85. The Morgan fingerprint density at radius 3 is 2.63 bits per heavy atom. The minimum absolute atomic E-state index is 0.132. The molecule has 1 aliphatic heterocycles. The third-order valence-electron chi connectivity index (χ3n) is 4.85. The summed E-state index contributed by atoms with van der Waals surface area (Å²) in [5.74, 6) is 1.24. The Balaban J connectivity index is 1.38. The van der Waals surface area contributed by atoms with Gasteiger partial charge in [0.15, 0.2) is 0 Å². The molecule has 0 radical (unpaired) electrons. The molecule has 0 N–H and O–H groups in total. The van der Waals surface area contributed by atoms with Gasteiger partial charge >= 0.3 is 6.18 Å². The first-order chi connectivity index (χ1) is 14.4. The van der Waals surface area contributed by atoms with E-state index in [2.05, 4.69) is 31.0 Å². The lowest BCUT2D eigenvalue weighted by Gasteiger charge is -2.34. The summed E-state index contributed by atoms with van der Waals surface area (Å²) in [5, 5.41) is 12.8. The zero-order valence-corrected chi connectivity index (χ0v) is 15.8. The van der Waals surface area contributed by atoms with Crippen LogP contribution in [0.1, 0.15) is 17.0 Å². The lowest BCUT2D eigenvalue weighted by atomic mass is 10.1. The van der Waals surface area contributed by atoms with Crippen LogP contribution in [0.5, 0.6) is 0 Å². The number of hydrogen-bond donors (Lipinski definition) is 0. The first-order valence-electron chi connectivity index (χ1n) is 9.26. The average molecular weight is 414 g/mol. The molecule has 0 atom stereocenters. The molecule has 7 nitrogen and oxygen atoms in total. The highest BCUT2D eigenvalue weighted by Gasteiger charge is 2.31. The highest BCUT2D eigenvalue weighted by atomic mass is 19.4. The molecule has 0 aliphatic carbocycles. The Bertz CT molecular complexity index is 1070. The van der Waals surface area contributed by atoms with Gasteiger partial charge < -0.3 is 9.42 Å². The summed E-state index contributed by atoms with van der Waals surface area (Å²) in [7, 11) is 0. The summed E-state index contributed by atoms with van der Waals surface area (Å²) in [6.07, 6.45) is -2.81. The van der Waals surface area contributed by atoms with Gasteiger partial charge in [0.25, 0.3) is 0 Å². The molecule has 0 amide bonds. The Kier molecular flexibility index (Phi) is 5.37. The second kappa shape index (κ2) is 8.12. The van der Waals surface area contributed by atoms with Crippen LogP contribution in [0.15, 0.2) is 47.1 Å². The molecule has 0 spiro atoms. The SMILES string of the molecule is N#Cc1ccnc(N2CCN(Cc3nc(-c4cccc(C(F)(F)F)c4)no3)CC2)c1. The minimum Gasteiger partial charge on any atom is -0.354 e. The van der Waals surface area contributed by atoms with Crippen LogP contribution in [-0.2, 0) is 12.7 Å². The summed E-state index contributed by atoms with van der Waals surface area (Å²) in [5.41, 5.74) is 0.0695. The molecule has 1 aliphatic rings. The zero-order valence-electron chi connectivity index (χ0n) is 15.8. The van der Waals surface area contributed by atoms with Crippen molar-refractivity contribution in [3.8, 4) is 17.5 Å². The lowest BCUT2D eigenvalue weighted by Crippen LogP contribution is -2.46. The monoisotopic (exact) mass is 414 g/mol. The summed E-state index contributed by atoms with van der Waals surface area (Å²) in [4.78, 5) is 12.8. The summed E-state index contributed by atoms with van der Waals surface area (Å²) in [6, 6.07) is 10.4. The molecule has 0 bridgehead atoms. The van der Waals surface area contributed by atoms with Gasteiger partial charge in [0.1, 0.15) is 5.82 Å². The van der Waals surface area contributed by atoms with Gasteiger partial charge in [-0.05, 0) is 24.3 Å². The van der Waals surface area contributed by atoms with Crippen molar-refractivity contribution < 1.29 is 17.7 Å². The number of pyridine rings is 1. The molecule has 1 fully saturated rings. The molecule has 4 rings (SSSR count). The molecule has 0 saturated carbocycles. The fourth-order valence-electron chi connectivity index (χ4n) is 3.26. The topological polar surface area (TPSA) is 82.1 Å². The third kappa shape index (κ3) is 4.41. The number of nitriles is 1. The van der Waals surface area contributed by atoms with E-state index in [1.54, 1.807) is 18.3 Å². The maximum atomic E-state index is 12.9. The number of hydrogen-bond acceptors (Lipinski definition) is 7. The van der Waals surface area contributed by atoms with Gasteiger partial charge in [-0.15, -0.1) is 0 Å². The number of alkyl halides is 3. The number of anilines is 1. The van der Waals surface area contributed by atoms with Crippen LogP contribution in [0.2, 0.25) is 0 Å². The van der Waals surface area contributed by atoms with E-state index in [9.17, 15) is 13.2 Å². The minimum atomic E-state index is -4.43. The molecular weight excluding hydrogens is 397 g/mol. The van der Waals surface area contributed by atoms with Crippen molar-refractivity contribution in [2.24, 2.45) is 0 Å². The maximum Gasteiger partial charge on any atom is 0.416 e. The molecule has 1 aromatic carbocycles. The first-order valence-corrected chi connectivity index (χ1v) is 9.26. The molecule has 154 valence electrons. The van der Waals surface area contributed by atoms with E-state index >= 15 is 0 Å². The predicted molar refractivity (Wildman–Crippen MR) is 101 cm³/mol. The predicted octanol–water partition coefficient (Wildman–Crippen LogP) is 3.34. The standard InChI is InChI=1S/C20H17F3N6O/c21-20(22,23)16-3-1-2-15(11-16)19-26-18(30-27-19)13-28-6-8-29(9-7-28)17-10-14(12-24)4-5-25-17/h1-5,10-11H,6-9,13H2. The van der Waals surface area contributed by atoms with Gasteiger partial charge in [-0.1, -0.05) is 17.3 Å². The van der Waals surface area contributed by atoms with Crippen molar-refractivity contribution in [1.82, 2.24) is 20.0 Å². The molecule has 3 heterocycles. The molecule has 10 heteroatoms. The van der Waals surface area contributed by atoms with E-state index in [0.29, 0.717) is 18.0 Å². The van der Waals surface area contributed by atoms with Crippen molar-refractivity contribution in [3.63, 3.8) is 0 Å². The van der Waals surface area contributed by atoms with Crippen LogP contribution >= 0.6 is 0 Å². The molecule has 0 unspecified atom stereocenters. The highest BCUT2D eigenvalue weighted by molar-refractivity contribution is 5.55. The van der Waals surface area contributed by atoms with E-state index < -0.39 is 11.7 Å². The van der Waals surface area contributed by atoms with Crippen LogP contribution in [-0.4, -0.2) is 46.2 Å². The first kappa shape index (κ1) is 19.8. The van der Waals surface area contributed by atoms with Crippen LogP contribution in [0, 0.1) is 11.3 Å². The molecule has 3 aromatic rings. The van der Waals surface area contributed by atoms with Gasteiger partial charge in [-0.25, -0.2) is 4.98 Å². The zero-order chi connectivity index (χ0) is 21.1. The maximum absolute atomic E-state index is 12.9. The van der Waals surface area contributed by atoms with E-state index in [0.717, 1.165) is 44.1 Å². The fourth-order valence-corrected chi connectivity index (χ4v) is 3.26. The smallest absolute Gasteiger partial charge is 0.354 e. The number of benzene rings is 1. The van der Waals surface area contributed by atoms with Crippen molar-refractivity contribution >= 4 is 5.82 Å². The molecule has 1 saturated heterocycles.